The number of fused-ring (bicyclic) bond motifs is 2. The summed E-state index contributed by atoms with van der Waals surface area (Å²) >= 11 is 0. The molecule has 4 rings (SSSR count). The van der Waals surface area contributed by atoms with Gasteiger partial charge in [-0.15, -0.1) is 0 Å². The minimum atomic E-state index is -0.238. The lowest BCUT2D eigenvalue weighted by atomic mass is 10.0. The van der Waals surface area contributed by atoms with Gasteiger partial charge in [-0.3, -0.25) is 0 Å². The molecule has 0 aromatic heterocycles. The molecule has 0 spiro atoms. The summed E-state index contributed by atoms with van der Waals surface area (Å²) in [5.41, 5.74) is 3.93. The van der Waals surface area contributed by atoms with E-state index in [1.807, 2.05) is 30.3 Å². The molecular formula is C20H22N2O4. The lowest BCUT2D eigenvalue weighted by molar-refractivity contribution is 0.252. The summed E-state index contributed by atoms with van der Waals surface area (Å²) in [6, 6.07) is 9.62. The van der Waals surface area contributed by atoms with Crippen molar-refractivity contribution in [1.29, 1.82) is 0 Å². The highest BCUT2D eigenvalue weighted by atomic mass is 16.5. The molecule has 0 saturated heterocycles. The highest BCUT2D eigenvalue weighted by molar-refractivity contribution is 5.93. The number of rotatable bonds is 5. The average molecular weight is 354 g/mol. The molecule has 0 fully saturated rings. The molecule has 2 heterocycles. The van der Waals surface area contributed by atoms with Crippen LogP contribution in [0.15, 0.2) is 30.3 Å². The molecule has 2 amide bonds. The van der Waals surface area contributed by atoms with Gasteiger partial charge in [0.1, 0.15) is 17.2 Å². The van der Waals surface area contributed by atoms with Crippen molar-refractivity contribution in [2.45, 2.75) is 19.3 Å². The number of para-hydroxylation sites is 1. The fourth-order valence-electron chi connectivity index (χ4n) is 3.50. The van der Waals surface area contributed by atoms with Gasteiger partial charge in [0.15, 0.2) is 0 Å². The fraction of sp³-hybridized carbons (Fsp3) is 0.350. The molecule has 2 N–H and O–H groups in total. The van der Waals surface area contributed by atoms with Crippen LogP contribution in [0.1, 0.15) is 16.7 Å². The molecule has 6 nitrogen and oxygen atoms in total. The molecule has 2 aliphatic rings. The van der Waals surface area contributed by atoms with Crippen LogP contribution < -0.4 is 24.8 Å². The summed E-state index contributed by atoms with van der Waals surface area (Å²) in [4.78, 5) is 12.4. The van der Waals surface area contributed by atoms with Gasteiger partial charge in [0.2, 0.25) is 0 Å². The van der Waals surface area contributed by atoms with Crippen molar-refractivity contribution in [3.63, 3.8) is 0 Å². The maximum Gasteiger partial charge on any atom is 0.319 e. The van der Waals surface area contributed by atoms with Gasteiger partial charge in [0.05, 0.1) is 26.0 Å². The van der Waals surface area contributed by atoms with E-state index < -0.39 is 0 Å². The van der Waals surface area contributed by atoms with Crippen LogP contribution in [0, 0.1) is 0 Å². The van der Waals surface area contributed by atoms with E-state index in [1.165, 1.54) is 0 Å². The number of urea groups is 1. The van der Waals surface area contributed by atoms with Gasteiger partial charge in [-0.2, -0.15) is 0 Å². The molecule has 0 atom stereocenters. The van der Waals surface area contributed by atoms with Crippen molar-refractivity contribution in [2.75, 3.05) is 32.2 Å². The van der Waals surface area contributed by atoms with Crippen LogP contribution in [0.25, 0.3) is 0 Å². The van der Waals surface area contributed by atoms with E-state index in [2.05, 4.69) is 10.6 Å². The Morgan fingerprint density at radius 3 is 2.92 bits per heavy atom. The number of carbonyl (C=O) groups is 1. The van der Waals surface area contributed by atoms with Crippen molar-refractivity contribution in [1.82, 2.24) is 5.32 Å². The summed E-state index contributed by atoms with van der Waals surface area (Å²) in [7, 11) is 1.65. The second-order valence-corrected chi connectivity index (χ2v) is 6.36. The van der Waals surface area contributed by atoms with Crippen molar-refractivity contribution in [3.8, 4) is 17.2 Å². The van der Waals surface area contributed by atoms with Crippen molar-refractivity contribution < 1.29 is 19.0 Å². The van der Waals surface area contributed by atoms with E-state index in [-0.39, 0.29) is 6.03 Å². The largest absolute Gasteiger partial charge is 0.496 e. The lowest BCUT2D eigenvalue weighted by Crippen LogP contribution is -2.31. The summed E-state index contributed by atoms with van der Waals surface area (Å²) in [6.07, 6.45) is 2.32. The van der Waals surface area contributed by atoms with Gasteiger partial charge in [-0.05, 0) is 24.1 Å². The Morgan fingerprint density at radius 2 is 2.04 bits per heavy atom. The van der Waals surface area contributed by atoms with Crippen LogP contribution in [0.5, 0.6) is 17.2 Å². The van der Waals surface area contributed by atoms with Crippen LogP contribution in [-0.2, 0) is 19.3 Å². The zero-order valence-electron chi connectivity index (χ0n) is 14.8. The van der Waals surface area contributed by atoms with Crippen LogP contribution in [0.4, 0.5) is 10.5 Å². The van der Waals surface area contributed by atoms with E-state index in [1.54, 1.807) is 7.11 Å². The number of methoxy groups -OCH3 is 1. The predicted octanol–water partition coefficient (Wildman–Crippen LogP) is 2.93. The van der Waals surface area contributed by atoms with Gasteiger partial charge >= 0.3 is 6.03 Å². The van der Waals surface area contributed by atoms with Crippen LogP contribution in [0.2, 0.25) is 0 Å². The third kappa shape index (κ3) is 3.14. The third-order valence-electron chi connectivity index (χ3n) is 4.76. The maximum absolute atomic E-state index is 12.4. The Hall–Kier alpha value is -2.89. The quantitative estimate of drug-likeness (QED) is 0.866. The van der Waals surface area contributed by atoms with Crippen molar-refractivity contribution in [2.24, 2.45) is 0 Å². The first-order chi connectivity index (χ1) is 12.8. The zero-order valence-corrected chi connectivity index (χ0v) is 14.8. The molecule has 2 aromatic rings. The van der Waals surface area contributed by atoms with E-state index in [4.69, 9.17) is 14.2 Å². The Morgan fingerprint density at radius 1 is 1.19 bits per heavy atom. The fourth-order valence-corrected chi connectivity index (χ4v) is 3.50. The molecule has 0 unspecified atom stereocenters. The van der Waals surface area contributed by atoms with E-state index in [0.29, 0.717) is 26.2 Å². The monoisotopic (exact) mass is 354 g/mol. The minimum Gasteiger partial charge on any atom is -0.496 e. The molecule has 6 heteroatoms. The summed E-state index contributed by atoms with van der Waals surface area (Å²) < 4.78 is 16.8. The molecule has 0 bridgehead atoms. The maximum atomic E-state index is 12.4. The van der Waals surface area contributed by atoms with E-state index in [0.717, 1.165) is 52.5 Å². The first-order valence-electron chi connectivity index (χ1n) is 8.87. The van der Waals surface area contributed by atoms with E-state index >= 15 is 0 Å². The summed E-state index contributed by atoms with van der Waals surface area (Å²) in [6.45, 7) is 1.80. The smallest absolute Gasteiger partial charge is 0.319 e. The number of hydrogen-bond donors (Lipinski definition) is 2. The van der Waals surface area contributed by atoms with Crippen LogP contribution in [-0.4, -0.2) is 32.9 Å². The highest BCUT2D eigenvalue weighted by Gasteiger charge is 2.27. The van der Waals surface area contributed by atoms with E-state index in [9.17, 15) is 4.79 Å². The zero-order chi connectivity index (χ0) is 17.9. The number of anilines is 1. The van der Waals surface area contributed by atoms with Crippen molar-refractivity contribution >= 4 is 11.7 Å². The number of ether oxygens (including phenoxy) is 3. The van der Waals surface area contributed by atoms with Gasteiger partial charge in [0, 0.05) is 30.5 Å². The second-order valence-electron chi connectivity index (χ2n) is 6.36. The van der Waals surface area contributed by atoms with Crippen LogP contribution in [0.3, 0.4) is 0 Å². The van der Waals surface area contributed by atoms with Gasteiger partial charge in [-0.25, -0.2) is 4.79 Å². The molecule has 0 aliphatic carbocycles. The highest BCUT2D eigenvalue weighted by Crippen LogP contribution is 2.44. The minimum absolute atomic E-state index is 0.238. The summed E-state index contributed by atoms with van der Waals surface area (Å²) in [5, 5.41) is 5.88. The number of hydrogen-bond acceptors (Lipinski definition) is 4. The first-order valence-corrected chi connectivity index (χ1v) is 8.87. The van der Waals surface area contributed by atoms with Crippen molar-refractivity contribution in [3.05, 3.63) is 47.0 Å². The lowest BCUT2D eigenvalue weighted by Gasteiger charge is -2.15. The Balaban J connectivity index is 1.42. The predicted molar refractivity (Wildman–Crippen MR) is 98.6 cm³/mol. The standard InChI is InChI=1S/C20H22N2O4/c1-24-16-5-3-2-4-13(16)6-9-21-20(23)22-18-15-8-11-25-17(15)12-14-7-10-26-19(14)18/h2-5,12H,6-11H2,1H3,(H2,21,22,23). The number of benzene rings is 2. The SMILES string of the molecule is COc1ccccc1CCNC(=O)Nc1c2c(cc3c1OCC3)OCC2. The second kappa shape index (κ2) is 7.15. The first kappa shape index (κ1) is 16.6. The van der Waals surface area contributed by atoms with Gasteiger partial charge in [-0.1, -0.05) is 18.2 Å². The molecule has 2 aliphatic heterocycles. The Kier molecular flexibility index (Phi) is 4.56. The van der Waals surface area contributed by atoms with Gasteiger partial charge < -0.3 is 24.8 Å². The Bertz CT molecular complexity index is 803. The molecular weight excluding hydrogens is 332 g/mol. The Labute approximate surface area is 152 Å². The number of carbonyl (C=O) groups excluding carboxylic acids is 1. The normalized spacial score (nSPS) is 14.0. The molecule has 0 saturated carbocycles. The molecule has 136 valence electrons. The molecule has 0 radical (unpaired) electrons. The van der Waals surface area contributed by atoms with Crippen LogP contribution >= 0.6 is 0 Å². The average Bonchev–Trinajstić information content (AvgIpc) is 3.31. The summed E-state index contributed by atoms with van der Waals surface area (Å²) in [5.74, 6) is 2.48. The number of amides is 2. The number of nitrogens with one attached hydrogen (secondary N) is 2. The molecule has 26 heavy (non-hydrogen) atoms. The topological polar surface area (TPSA) is 68.8 Å². The molecule has 2 aromatic carbocycles. The van der Waals surface area contributed by atoms with Gasteiger partial charge in [0.25, 0.3) is 0 Å². The third-order valence-corrected chi connectivity index (χ3v) is 4.76.